The van der Waals surface area contributed by atoms with E-state index >= 15 is 0 Å². The molecular formula is C18H14O2. The van der Waals surface area contributed by atoms with E-state index in [0.717, 1.165) is 10.9 Å². The van der Waals surface area contributed by atoms with Crippen LogP contribution in [0.5, 0.6) is 0 Å². The number of esters is 1. The fourth-order valence-electron chi connectivity index (χ4n) is 2.37. The van der Waals surface area contributed by atoms with E-state index < -0.39 is 5.97 Å². The van der Waals surface area contributed by atoms with Crippen LogP contribution in [0, 0.1) is 0 Å². The lowest BCUT2D eigenvalue weighted by Gasteiger charge is -2.07. The average Bonchev–Trinajstić information content (AvgIpc) is 2.52. The van der Waals surface area contributed by atoms with Gasteiger partial charge >= 0.3 is 5.97 Å². The first-order chi connectivity index (χ1) is 9.78. The van der Waals surface area contributed by atoms with E-state index in [9.17, 15) is 4.79 Å². The van der Waals surface area contributed by atoms with Crippen LogP contribution in [0.1, 0.15) is 5.56 Å². The minimum absolute atomic E-state index is 0.271. The van der Waals surface area contributed by atoms with Crippen LogP contribution in [0.25, 0.3) is 21.5 Å². The van der Waals surface area contributed by atoms with Gasteiger partial charge in [-0.25, -0.2) is 4.79 Å². The van der Waals surface area contributed by atoms with E-state index in [1.165, 1.54) is 22.2 Å². The highest BCUT2D eigenvalue weighted by molar-refractivity contribution is 6.07. The minimum atomic E-state index is -0.399. The highest BCUT2D eigenvalue weighted by Gasteiger charge is 2.03. The number of ether oxygens (including phenoxy) is 1. The van der Waals surface area contributed by atoms with Crippen molar-refractivity contribution in [1.82, 2.24) is 0 Å². The van der Waals surface area contributed by atoms with Gasteiger partial charge in [0.25, 0.3) is 0 Å². The van der Waals surface area contributed by atoms with Crippen LogP contribution in [0.4, 0.5) is 0 Å². The Morgan fingerprint density at radius 3 is 2.60 bits per heavy atom. The standard InChI is InChI=1S/C18H14O2/c1-2-18(19)20-12-13-7-10-17-15(11-13)9-8-14-5-3-4-6-16(14)17/h2-11H,1,12H2. The van der Waals surface area contributed by atoms with Gasteiger partial charge in [-0.15, -0.1) is 0 Å². The Bertz CT molecular complexity index is 803. The molecule has 0 amide bonds. The largest absolute Gasteiger partial charge is 0.458 e. The average molecular weight is 262 g/mol. The second-order valence-electron chi connectivity index (χ2n) is 4.65. The Hall–Kier alpha value is -2.61. The van der Waals surface area contributed by atoms with Crippen LogP contribution in [0.3, 0.4) is 0 Å². The van der Waals surface area contributed by atoms with Gasteiger partial charge in [-0.3, -0.25) is 0 Å². The third-order valence-corrected chi connectivity index (χ3v) is 3.36. The SMILES string of the molecule is C=CC(=O)OCc1ccc2c(ccc3ccccc32)c1. The highest BCUT2D eigenvalue weighted by atomic mass is 16.5. The molecule has 3 aromatic carbocycles. The number of carbonyl (C=O) groups is 1. The summed E-state index contributed by atoms with van der Waals surface area (Å²) in [5.41, 5.74) is 0.975. The topological polar surface area (TPSA) is 26.3 Å². The van der Waals surface area contributed by atoms with E-state index in [4.69, 9.17) is 4.74 Å². The summed E-state index contributed by atoms with van der Waals surface area (Å²) in [6, 6.07) is 18.6. The quantitative estimate of drug-likeness (QED) is 0.401. The first-order valence-corrected chi connectivity index (χ1v) is 6.47. The molecule has 2 heteroatoms. The number of fused-ring (bicyclic) bond motifs is 3. The van der Waals surface area contributed by atoms with Crippen molar-refractivity contribution >= 4 is 27.5 Å². The van der Waals surface area contributed by atoms with Gasteiger partial charge in [-0.1, -0.05) is 55.1 Å². The molecular weight excluding hydrogens is 248 g/mol. The van der Waals surface area contributed by atoms with Gasteiger partial charge in [0.05, 0.1) is 0 Å². The Labute approximate surface area is 117 Å². The van der Waals surface area contributed by atoms with E-state index in [2.05, 4.69) is 43.0 Å². The molecule has 0 bridgehead atoms. The number of carbonyl (C=O) groups excluding carboxylic acids is 1. The fourth-order valence-corrected chi connectivity index (χ4v) is 2.37. The van der Waals surface area contributed by atoms with Crippen molar-refractivity contribution in [3.8, 4) is 0 Å². The van der Waals surface area contributed by atoms with Crippen molar-refractivity contribution in [2.75, 3.05) is 0 Å². The fraction of sp³-hybridized carbons (Fsp3) is 0.0556. The van der Waals surface area contributed by atoms with Gasteiger partial charge in [-0.05, 0) is 33.2 Å². The molecule has 0 aliphatic heterocycles. The molecule has 20 heavy (non-hydrogen) atoms. The Morgan fingerprint density at radius 1 is 1.00 bits per heavy atom. The van der Waals surface area contributed by atoms with Crippen molar-refractivity contribution in [2.45, 2.75) is 6.61 Å². The second kappa shape index (κ2) is 5.17. The Morgan fingerprint density at radius 2 is 1.75 bits per heavy atom. The van der Waals surface area contributed by atoms with Crippen molar-refractivity contribution in [2.24, 2.45) is 0 Å². The molecule has 0 atom stereocenters. The van der Waals surface area contributed by atoms with E-state index in [0.29, 0.717) is 0 Å². The predicted octanol–water partition coefficient (Wildman–Crippen LogP) is 4.22. The summed E-state index contributed by atoms with van der Waals surface area (Å²) in [6.07, 6.45) is 1.18. The molecule has 0 heterocycles. The molecule has 0 unspecified atom stereocenters. The van der Waals surface area contributed by atoms with E-state index in [-0.39, 0.29) is 6.61 Å². The van der Waals surface area contributed by atoms with Crippen LogP contribution in [-0.2, 0) is 16.1 Å². The van der Waals surface area contributed by atoms with Gasteiger partial charge in [0.1, 0.15) is 6.61 Å². The molecule has 0 aliphatic carbocycles. The van der Waals surface area contributed by atoms with Gasteiger partial charge in [0.2, 0.25) is 0 Å². The third-order valence-electron chi connectivity index (χ3n) is 3.36. The van der Waals surface area contributed by atoms with Gasteiger partial charge < -0.3 is 4.74 Å². The van der Waals surface area contributed by atoms with Crippen LogP contribution in [-0.4, -0.2) is 5.97 Å². The van der Waals surface area contributed by atoms with Gasteiger partial charge in [-0.2, -0.15) is 0 Å². The molecule has 0 spiro atoms. The second-order valence-corrected chi connectivity index (χ2v) is 4.65. The minimum Gasteiger partial charge on any atom is -0.458 e. The van der Waals surface area contributed by atoms with Crippen molar-refractivity contribution in [1.29, 1.82) is 0 Å². The summed E-state index contributed by atoms with van der Waals surface area (Å²) in [6.45, 7) is 3.65. The maximum Gasteiger partial charge on any atom is 0.330 e. The molecule has 0 aliphatic rings. The molecule has 0 aromatic heterocycles. The number of rotatable bonds is 3. The van der Waals surface area contributed by atoms with Gasteiger partial charge in [0.15, 0.2) is 0 Å². The first-order valence-electron chi connectivity index (χ1n) is 6.47. The maximum absolute atomic E-state index is 11.1. The molecule has 3 aromatic rings. The molecule has 0 saturated heterocycles. The van der Waals surface area contributed by atoms with Crippen molar-refractivity contribution in [3.63, 3.8) is 0 Å². The van der Waals surface area contributed by atoms with E-state index in [1.54, 1.807) is 0 Å². The van der Waals surface area contributed by atoms with Gasteiger partial charge in [0, 0.05) is 6.08 Å². The normalized spacial score (nSPS) is 10.6. The number of benzene rings is 3. The summed E-state index contributed by atoms with van der Waals surface area (Å²) in [5.74, 6) is -0.399. The smallest absolute Gasteiger partial charge is 0.330 e. The third kappa shape index (κ3) is 2.28. The molecule has 2 nitrogen and oxygen atoms in total. The molecule has 0 radical (unpaired) electrons. The first kappa shape index (κ1) is 12.4. The van der Waals surface area contributed by atoms with Crippen molar-refractivity contribution in [3.05, 3.63) is 72.8 Å². The highest BCUT2D eigenvalue weighted by Crippen LogP contribution is 2.26. The monoisotopic (exact) mass is 262 g/mol. The van der Waals surface area contributed by atoms with Crippen LogP contribution >= 0.6 is 0 Å². The Kier molecular flexibility index (Phi) is 3.21. The number of hydrogen-bond donors (Lipinski definition) is 0. The zero-order valence-electron chi connectivity index (χ0n) is 11.0. The summed E-state index contributed by atoms with van der Waals surface area (Å²) >= 11 is 0. The molecule has 3 rings (SSSR count). The molecule has 0 saturated carbocycles. The summed E-state index contributed by atoms with van der Waals surface area (Å²) in [5, 5.41) is 4.82. The maximum atomic E-state index is 11.1. The van der Waals surface area contributed by atoms with Crippen LogP contribution in [0.15, 0.2) is 67.3 Å². The summed E-state index contributed by atoms with van der Waals surface area (Å²) in [7, 11) is 0. The summed E-state index contributed by atoms with van der Waals surface area (Å²) in [4.78, 5) is 11.1. The molecule has 0 N–H and O–H groups in total. The molecule has 98 valence electrons. The summed E-state index contributed by atoms with van der Waals surface area (Å²) < 4.78 is 5.06. The molecule has 0 fully saturated rings. The lowest BCUT2D eigenvalue weighted by molar-refractivity contribution is -0.138. The van der Waals surface area contributed by atoms with Crippen LogP contribution in [0.2, 0.25) is 0 Å². The zero-order chi connectivity index (χ0) is 13.9. The van der Waals surface area contributed by atoms with Crippen LogP contribution < -0.4 is 0 Å². The zero-order valence-corrected chi connectivity index (χ0v) is 11.0. The van der Waals surface area contributed by atoms with E-state index in [1.807, 2.05) is 18.2 Å². The lowest BCUT2D eigenvalue weighted by Crippen LogP contribution is -1.99. The van der Waals surface area contributed by atoms with Crippen molar-refractivity contribution < 1.29 is 9.53 Å². The lowest BCUT2D eigenvalue weighted by atomic mass is 10.0. The number of hydrogen-bond acceptors (Lipinski definition) is 2. The predicted molar refractivity (Wildman–Crippen MR) is 81.4 cm³/mol. The Balaban J connectivity index is 2.01.